The van der Waals surface area contributed by atoms with E-state index in [4.69, 9.17) is 16.3 Å². The highest BCUT2D eigenvalue weighted by atomic mass is 35.5. The monoisotopic (exact) mass is 366 g/mol. The highest BCUT2D eigenvalue weighted by molar-refractivity contribution is 7.16. The number of para-hydroxylation sites is 1. The maximum atomic E-state index is 12.2. The molecule has 0 bridgehead atoms. The minimum Gasteiger partial charge on any atom is -0.492 e. The maximum Gasteiger partial charge on any atom is 0.253 e. The van der Waals surface area contributed by atoms with Crippen LogP contribution in [0.1, 0.15) is 11.8 Å². The molecule has 1 aromatic carbocycles. The van der Waals surface area contributed by atoms with Gasteiger partial charge in [0.25, 0.3) is 5.91 Å². The van der Waals surface area contributed by atoms with Crippen molar-refractivity contribution in [3.63, 3.8) is 0 Å². The number of carbonyl (C=O) groups is 1. The third-order valence-corrected chi connectivity index (χ3v) is 5.59. The van der Waals surface area contributed by atoms with Crippen LogP contribution in [0.2, 0.25) is 4.34 Å². The van der Waals surface area contributed by atoms with Crippen LogP contribution in [-0.2, 0) is 18.3 Å². The van der Waals surface area contributed by atoms with Gasteiger partial charge >= 0.3 is 0 Å². The van der Waals surface area contributed by atoms with Crippen LogP contribution in [0.5, 0.6) is 5.75 Å². The van der Waals surface area contributed by atoms with E-state index in [-0.39, 0.29) is 12.3 Å². The van der Waals surface area contributed by atoms with Gasteiger partial charge in [0.2, 0.25) is 0 Å². The molecule has 0 N–H and O–H groups in total. The van der Waals surface area contributed by atoms with Gasteiger partial charge in [-0.2, -0.15) is 4.99 Å². The topological polar surface area (TPSA) is 43.6 Å². The Kier molecular flexibility index (Phi) is 4.84. The van der Waals surface area contributed by atoms with Gasteiger partial charge < -0.3 is 9.30 Å². The molecule has 0 saturated heterocycles. The van der Waals surface area contributed by atoms with Gasteiger partial charge in [0, 0.05) is 11.9 Å². The highest BCUT2D eigenvalue weighted by Crippen LogP contribution is 2.27. The van der Waals surface area contributed by atoms with Crippen LogP contribution in [0.15, 0.2) is 35.3 Å². The standard InChI is InChI=1S/C16H15ClN2O2S2/c1-3-21-11-5-4-6-12-15(11)19(2)16(23-12)18-14(20)9-10-7-8-13(17)22-10/h4-8H,3,9H2,1-2H3. The average molecular weight is 367 g/mol. The van der Waals surface area contributed by atoms with Crippen molar-refractivity contribution in [3.05, 3.63) is 44.3 Å². The van der Waals surface area contributed by atoms with Crippen LogP contribution in [0.3, 0.4) is 0 Å². The molecule has 0 radical (unpaired) electrons. The smallest absolute Gasteiger partial charge is 0.253 e. The number of rotatable bonds is 4. The third-order valence-electron chi connectivity index (χ3n) is 3.26. The van der Waals surface area contributed by atoms with Crippen molar-refractivity contribution in [1.82, 2.24) is 4.57 Å². The molecule has 23 heavy (non-hydrogen) atoms. The fourth-order valence-electron chi connectivity index (χ4n) is 2.29. The Hall–Kier alpha value is -1.63. The largest absolute Gasteiger partial charge is 0.492 e. The second-order valence-electron chi connectivity index (χ2n) is 4.87. The number of thiophene rings is 1. The van der Waals surface area contributed by atoms with E-state index >= 15 is 0 Å². The molecule has 3 rings (SSSR count). The van der Waals surface area contributed by atoms with Gasteiger partial charge in [0.05, 0.1) is 22.1 Å². The summed E-state index contributed by atoms with van der Waals surface area (Å²) in [5.74, 6) is 0.631. The summed E-state index contributed by atoms with van der Waals surface area (Å²) >= 11 is 8.78. The molecule has 7 heteroatoms. The number of fused-ring (bicyclic) bond motifs is 1. The molecule has 0 fully saturated rings. The van der Waals surface area contributed by atoms with E-state index in [1.54, 1.807) is 6.07 Å². The lowest BCUT2D eigenvalue weighted by atomic mass is 10.3. The summed E-state index contributed by atoms with van der Waals surface area (Å²) in [7, 11) is 1.90. The van der Waals surface area contributed by atoms with E-state index in [0.29, 0.717) is 15.7 Å². The molecule has 0 unspecified atom stereocenters. The normalized spacial score (nSPS) is 12.0. The first-order valence-corrected chi connectivity index (χ1v) is 9.12. The summed E-state index contributed by atoms with van der Waals surface area (Å²) in [6, 6.07) is 9.53. The Morgan fingerprint density at radius 1 is 1.30 bits per heavy atom. The zero-order chi connectivity index (χ0) is 16.4. The Bertz CT molecular complexity index is 924. The van der Waals surface area contributed by atoms with E-state index in [2.05, 4.69) is 4.99 Å². The van der Waals surface area contributed by atoms with Crippen molar-refractivity contribution in [2.24, 2.45) is 12.0 Å². The van der Waals surface area contributed by atoms with Gasteiger partial charge in [0.1, 0.15) is 11.3 Å². The second-order valence-corrected chi connectivity index (χ2v) is 7.68. The summed E-state index contributed by atoms with van der Waals surface area (Å²) in [5.41, 5.74) is 0.963. The summed E-state index contributed by atoms with van der Waals surface area (Å²) in [4.78, 5) is 18.0. The predicted octanol–water partition coefficient (Wildman–Crippen LogP) is 4.02. The highest BCUT2D eigenvalue weighted by Gasteiger charge is 2.10. The molecule has 0 atom stereocenters. The molecule has 0 saturated carbocycles. The fourth-order valence-corrected chi connectivity index (χ4v) is 4.42. The molecule has 120 valence electrons. The number of benzene rings is 1. The Balaban J connectivity index is 1.97. The number of amides is 1. The van der Waals surface area contributed by atoms with Gasteiger partial charge in [-0.3, -0.25) is 4.79 Å². The zero-order valence-electron chi connectivity index (χ0n) is 12.7. The van der Waals surface area contributed by atoms with Crippen molar-refractivity contribution in [2.75, 3.05) is 6.61 Å². The van der Waals surface area contributed by atoms with Gasteiger partial charge in [-0.05, 0) is 31.2 Å². The van der Waals surface area contributed by atoms with Crippen LogP contribution in [0.4, 0.5) is 0 Å². The van der Waals surface area contributed by atoms with Crippen LogP contribution in [0, 0.1) is 0 Å². The number of aryl methyl sites for hydroxylation is 1. The number of hydrogen-bond acceptors (Lipinski definition) is 4. The molecule has 1 amide bonds. The first-order valence-electron chi connectivity index (χ1n) is 7.11. The first kappa shape index (κ1) is 16.2. The Morgan fingerprint density at radius 2 is 2.13 bits per heavy atom. The van der Waals surface area contributed by atoms with E-state index in [9.17, 15) is 4.79 Å². The molecular formula is C16H15ClN2O2S2. The van der Waals surface area contributed by atoms with Gasteiger partial charge in [0.15, 0.2) is 4.80 Å². The molecule has 0 aliphatic heterocycles. The van der Waals surface area contributed by atoms with E-state index < -0.39 is 0 Å². The lowest BCUT2D eigenvalue weighted by Gasteiger charge is -2.05. The predicted molar refractivity (Wildman–Crippen MR) is 95.6 cm³/mol. The van der Waals surface area contributed by atoms with Gasteiger partial charge in [-0.15, -0.1) is 11.3 Å². The number of carbonyl (C=O) groups excluding carboxylic acids is 1. The quantitative estimate of drug-likeness (QED) is 0.699. The molecule has 0 aliphatic carbocycles. The van der Waals surface area contributed by atoms with Crippen molar-refractivity contribution in [2.45, 2.75) is 13.3 Å². The number of thiazole rings is 1. The van der Waals surface area contributed by atoms with E-state index in [1.165, 1.54) is 22.7 Å². The van der Waals surface area contributed by atoms with Crippen molar-refractivity contribution in [1.29, 1.82) is 0 Å². The molecule has 2 aromatic heterocycles. The van der Waals surface area contributed by atoms with Crippen molar-refractivity contribution >= 4 is 50.4 Å². The lowest BCUT2D eigenvalue weighted by Crippen LogP contribution is -2.14. The molecule has 2 heterocycles. The minimum atomic E-state index is -0.177. The minimum absolute atomic E-state index is 0.177. The third kappa shape index (κ3) is 3.49. The Morgan fingerprint density at radius 3 is 2.83 bits per heavy atom. The van der Waals surface area contributed by atoms with E-state index in [1.807, 2.05) is 42.8 Å². The van der Waals surface area contributed by atoms with Crippen molar-refractivity contribution in [3.8, 4) is 5.75 Å². The van der Waals surface area contributed by atoms with Crippen LogP contribution >= 0.6 is 34.3 Å². The van der Waals surface area contributed by atoms with Gasteiger partial charge in [-0.1, -0.05) is 29.0 Å². The molecule has 0 spiro atoms. The number of aromatic nitrogens is 1. The SMILES string of the molecule is CCOc1cccc2sc(=NC(=O)Cc3ccc(Cl)s3)n(C)c12. The lowest BCUT2D eigenvalue weighted by molar-refractivity contribution is -0.117. The van der Waals surface area contributed by atoms with Crippen molar-refractivity contribution < 1.29 is 9.53 Å². The number of halogens is 1. The molecule has 0 aliphatic rings. The summed E-state index contributed by atoms with van der Waals surface area (Å²) in [5, 5.41) is 0. The summed E-state index contributed by atoms with van der Waals surface area (Å²) in [6.45, 7) is 2.55. The fraction of sp³-hybridized carbons (Fsp3) is 0.250. The Labute approximate surface area is 146 Å². The number of hydrogen-bond donors (Lipinski definition) is 0. The molecular weight excluding hydrogens is 352 g/mol. The number of nitrogens with zero attached hydrogens (tertiary/aromatic N) is 2. The average Bonchev–Trinajstić information content (AvgIpc) is 3.04. The first-order chi connectivity index (χ1) is 11.1. The summed E-state index contributed by atoms with van der Waals surface area (Å²) in [6.07, 6.45) is 0.268. The van der Waals surface area contributed by atoms with E-state index in [0.717, 1.165) is 20.8 Å². The maximum absolute atomic E-state index is 12.2. The zero-order valence-corrected chi connectivity index (χ0v) is 15.1. The van der Waals surface area contributed by atoms with Crippen LogP contribution < -0.4 is 9.54 Å². The molecule has 4 nitrogen and oxygen atoms in total. The molecule has 3 aromatic rings. The van der Waals surface area contributed by atoms with Crippen LogP contribution in [0.25, 0.3) is 10.2 Å². The number of ether oxygens (including phenoxy) is 1. The summed E-state index contributed by atoms with van der Waals surface area (Å²) < 4.78 is 9.30. The second kappa shape index (κ2) is 6.86. The van der Waals surface area contributed by atoms with Gasteiger partial charge in [-0.25, -0.2) is 0 Å². The van der Waals surface area contributed by atoms with Crippen LogP contribution in [-0.4, -0.2) is 17.1 Å².